The molecule has 1 amide bonds. The summed E-state index contributed by atoms with van der Waals surface area (Å²) in [6, 6.07) is 6.07. The van der Waals surface area contributed by atoms with E-state index in [1.807, 2.05) is 25.2 Å². The van der Waals surface area contributed by atoms with Gasteiger partial charge in [0.05, 0.1) is 5.56 Å². The van der Waals surface area contributed by atoms with Gasteiger partial charge in [-0.05, 0) is 80.9 Å². The maximum absolute atomic E-state index is 12.1. The highest BCUT2D eigenvalue weighted by atomic mass is 16.4. The van der Waals surface area contributed by atoms with Gasteiger partial charge in [-0.1, -0.05) is 55.4 Å². The first kappa shape index (κ1) is 24.1. The Labute approximate surface area is 185 Å². The molecule has 31 heavy (non-hydrogen) atoms. The molecule has 2 N–H and O–H groups in total. The zero-order valence-electron chi connectivity index (χ0n) is 19.2. The molecule has 0 saturated heterocycles. The first-order valence-corrected chi connectivity index (χ1v) is 10.6. The first-order valence-electron chi connectivity index (χ1n) is 10.6. The maximum atomic E-state index is 12.1. The molecular formula is C27H33NO3. The highest BCUT2D eigenvalue weighted by molar-refractivity contribution is 6.00. The SMILES string of the molecule is CC1=C(/C=C/C(C)=C/C=C/C(C)=C/C(=O)Nc2ccc(C(=O)O)cc2)C(C)(C)CCC1. The number of carbonyl (C=O) groups is 2. The summed E-state index contributed by atoms with van der Waals surface area (Å²) in [6.45, 7) is 10.8. The molecule has 0 heterocycles. The second kappa shape index (κ2) is 10.8. The van der Waals surface area contributed by atoms with Gasteiger partial charge in [-0.25, -0.2) is 4.79 Å². The molecule has 1 aromatic rings. The lowest BCUT2D eigenvalue weighted by atomic mass is 9.72. The van der Waals surface area contributed by atoms with Gasteiger partial charge in [0.1, 0.15) is 0 Å². The van der Waals surface area contributed by atoms with Crippen LogP contribution in [0.5, 0.6) is 0 Å². The Morgan fingerprint density at radius 2 is 1.74 bits per heavy atom. The molecule has 1 aliphatic carbocycles. The van der Waals surface area contributed by atoms with Crippen molar-refractivity contribution < 1.29 is 14.7 Å². The molecule has 0 fully saturated rings. The average Bonchev–Trinajstić information content (AvgIpc) is 2.67. The topological polar surface area (TPSA) is 66.4 Å². The van der Waals surface area contributed by atoms with Gasteiger partial charge < -0.3 is 10.4 Å². The molecule has 0 aliphatic heterocycles. The molecule has 1 aliphatic rings. The number of carboxylic acid groups (broad SMARTS) is 1. The van der Waals surface area contributed by atoms with Gasteiger partial charge in [0.15, 0.2) is 0 Å². The summed E-state index contributed by atoms with van der Waals surface area (Å²) in [7, 11) is 0. The van der Waals surface area contributed by atoms with Crippen LogP contribution in [-0.2, 0) is 4.79 Å². The van der Waals surface area contributed by atoms with Gasteiger partial charge in [-0.2, -0.15) is 0 Å². The number of hydrogen-bond donors (Lipinski definition) is 2. The first-order chi connectivity index (χ1) is 14.6. The third-order valence-electron chi connectivity index (χ3n) is 5.53. The van der Waals surface area contributed by atoms with Crippen molar-refractivity contribution in [1.29, 1.82) is 0 Å². The van der Waals surface area contributed by atoms with Crippen LogP contribution >= 0.6 is 0 Å². The monoisotopic (exact) mass is 419 g/mol. The normalized spacial score (nSPS) is 17.5. The van der Waals surface area contributed by atoms with E-state index in [-0.39, 0.29) is 16.9 Å². The molecule has 0 spiro atoms. The van der Waals surface area contributed by atoms with Crippen molar-refractivity contribution in [2.45, 2.75) is 53.9 Å². The van der Waals surface area contributed by atoms with E-state index in [9.17, 15) is 9.59 Å². The second-order valence-corrected chi connectivity index (χ2v) is 8.79. The third kappa shape index (κ3) is 7.56. The highest BCUT2D eigenvalue weighted by Gasteiger charge is 2.26. The average molecular weight is 420 g/mol. The van der Waals surface area contributed by atoms with E-state index < -0.39 is 5.97 Å². The van der Waals surface area contributed by atoms with Gasteiger partial charge in [0.25, 0.3) is 0 Å². The lowest BCUT2D eigenvalue weighted by Crippen LogP contribution is -2.19. The molecule has 4 heteroatoms. The van der Waals surface area contributed by atoms with Crippen LogP contribution in [0.2, 0.25) is 0 Å². The van der Waals surface area contributed by atoms with Crippen LogP contribution in [-0.4, -0.2) is 17.0 Å². The Bertz CT molecular complexity index is 970. The Kier molecular flexibility index (Phi) is 8.38. The molecule has 0 unspecified atom stereocenters. The summed E-state index contributed by atoms with van der Waals surface area (Å²) in [5.74, 6) is -1.25. The second-order valence-electron chi connectivity index (χ2n) is 8.79. The van der Waals surface area contributed by atoms with Gasteiger partial charge in [-0.15, -0.1) is 0 Å². The quantitative estimate of drug-likeness (QED) is 0.375. The number of anilines is 1. The van der Waals surface area contributed by atoms with E-state index in [0.717, 1.165) is 11.1 Å². The predicted molar refractivity (Wildman–Crippen MR) is 128 cm³/mol. The van der Waals surface area contributed by atoms with Crippen LogP contribution in [0, 0.1) is 5.41 Å². The molecular weight excluding hydrogens is 386 g/mol. The molecule has 0 saturated carbocycles. The summed E-state index contributed by atoms with van der Waals surface area (Å²) < 4.78 is 0. The molecule has 0 radical (unpaired) electrons. The molecule has 0 atom stereocenters. The number of aromatic carboxylic acids is 1. The standard InChI is InChI=1S/C27H33NO3/c1-19(11-16-24-21(3)10-7-17-27(24,4)5)8-6-9-20(2)18-25(29)28-23-14-12-22(13-15-23)26(30)31/h6,8-9,11-16,18H,7,10,17H2,1-5H3,(H,28,29)(H,30,31)/b9-6+,16-11+,19-8+,20-18+. The molecule has 1 aromatic carbocycles. The Morgan fingerprint density at radius 3 is 2.35 bits per heavy atom. The number of allylic oxidation sites excluding steroid dienone is 9. The summed E-state index contributed by atoms with van der Waals surface area (Å²) in [5.41, 5.74) is 5.86. The fourth-order valence-electron chi connectivity index (χ4n) is 3.76. The van der Waals surface area contributed by atoms with E-state index in [4.69, 9.17) is 5.11 Å². The summed E-state index contributed by atoms with van der Waals surface area (Å²) in [4.78, 5) is 23.0. The summed E-state index contributed by atoms with van der Waals surface area (Å²) in [6.07, 6.45) is 15.4. The Balaban J connectivity index is 1.95. The molecule has 164 valence electrons. The lowest BCUT2D eigenvalue weighted by Gasteiger charge is -2.32. The number of rotatable bonds is 7. The van der Waals surface area contributed by atoms with E-state index in [2.05, 4.69) is 45.2 Å². The van der Waals surface area contributed by atoms with E-state index in [1.165, 1.54) is 48.6 Å². The molecule has 0 bridgehead atoms. The van der Waals surface area contributed by atoms with E-state index >= 15 is 0 Å². The van der Waals surface area contributed by atoms with Gasteiger partial charge >= 0.3 is 5.97 Å². The maximum Gasteiger partial charge on any atom is 0.335 e. The Morgan fingerprint density at radius 1 is 1.06 bits per heavy atom. The van der Waals surface area contributed by atoms with Crippen molar-refractivity contribution in [3.63, 3.8) is 0 Å². The fourth-order valence-corrected chi connectivity index (χ4v) is 3.76. The minimum atomic E-state index is -0.994. The van der Waals surface area contributed by atoms with Gasteiger partial charge in [-0.3, -0.25) is 4.79 Å². The highest BCUT2D eigenvalue weighted by Crippen LogP contribution is 2.40. The van der Waals surface area contributed by atoms with E-state index in [0.29, 0.717) is 5.69 Å². The zero-order valence-corrected chi connectivity index (χ0v) is 19.2. The largest absolute Gasteiger partial charge is 0.478 e. The summed E-state index contributed by atoms with van der Waals surface area (Å²) in [5, 5.41) is 11.6. The van der Waals surface area contributed by atoms with Crippen LogP contribution in [0.4, 0.5) is 5.69 Å². The number of hydrogen-bond acceptors (Lipinski definition) is 2. The van der Waals surface area contributed by atoms with Crippen molar-refractivity contribution in [2.75, 3.05) is 5.32 Å². The van der Waals surface area contributed by atoms with Gasteiger partial charge in [0.2, 0.25) is 5.91 Å². The molecule has 0 aromatic heterocycles. The fraction of sp³-hybridized carbons (Fsp3) is 0.333. The number of amides is 1. The number of benzene rings is 1. The van der Waals surface area contributed by atoms with Gasteiger partial charge in [0, 0.05) is 11.8 Å². The van der Waals surface area contributed by atoms with Crippen LogP contribution in [0.3, 0.4) is 0 Å². The number of nitrogens with one attached hydrogen (secondary N) is 1. The minimum absolute atomic E-state index is 0.183. The van der Waals surface area contributed by atoms with Crippen LogP contribution in [0.15, 0.2) is 83.0 Å². The predicted octanol–water partition coefficient (Wildman–Crippen LogP) is 6.85. The Hall–Kier alpha value is -3.14. The van der Waals surface area contributed by atoms with Crippen LogP contribution in [0.25, 0.3) is 0 Å². The van der Waals surface area contributed by atoms with Crippen molar-refractivity contribution in [1.82, 2.24) is 0 Å². The lowest BCUT2D eigenvalue weighted by molar-refractivity contribution is -0.111. The number of carbonyl (C=O) groups excluding carboxylic acids is 1. The molecule has 4 nitrogen and oxygen atoms in total. The van der Waals surface area contributed by atoms with Crippen LogP contribution < -0.4 is 5.32 Å². The van der Waals surface area contributed by atoms with Crippen molar-refractivity contribution >= 4 is 17.6 Å². The summed E-state index contributed by atoms with van der Waals surface area (Å²) >= 11 is 0. The smallest absolute Gasteiger partial charge is 0.335 e. The van der Waals surface area contributed by atoms with Crippen molar-refractivity contribution in [3.05, 3.63) is 88.6 Å². The van der Waals surface area contributed by atoms with Crippen molar-refractivity contribution in [2.24, 2.45) is 5.41 Å². The van der Waals surface area contributed by atoms with E-state index in [1.54, 1.807) is 12.1 Å². The minimum Gasteiger partial charge on any atom is -0.478 e. The zero-order chi connectivity index (χ0) is 23.0. The van der Waals surface area contributed by atoms with Crippen molar-refractivity contribution in [3.8, 4) is 0 Å². The molecule has 2 rings (SSSR count). The third-order valence-corrected chi connectivity index (χ3v) is 5.53. The number of carboxylic acids is 1. The van der Waals surface area contributed by atoms with Crippen LogP contribution in [0.1, 0.15) is 64.2 Å².